The lowest BCUT2D eigenvalue weighted by molar-refractivity contribution is -0.137. The Morgan fingerprint density at radius 3 is 1.89 bits per heavy atom. The number of hydrogen-bond acceptors (Lipinski definition) is 2. The summed E-state index contributed by atoms with van der Waals surface area (Å²) >= 11 is 0. The summed E-state index contributed by atoms with van der Waals surface area (Å²) in [6.07, 6.45) is 23.4. The average molecular weight is 493 g/mol. The van der Waals surface area contributed by atoms with Crippen molar-refractivity contribution in [3.8, 4) is 11.1 Å². The van der Waals surface area contributed by atoms with Crippen LogP contribution in [0.1, 0.15) is 107 Å². The van der Waals surface area contributed by atoms with Crippen LogP contribution >= 0.6 is 0 Å². The van der Waals surface area contributed by atoms with Gasteiger partial charge in [-0.15, -0.1) is 0 Å². The van der Waals surface area contributed by atoms with Gasteiger partial charge < -0.3 is 10.2 Å². The van der Waals surface area contributed by atoms with Gasteiger partial charge in [-0.1, -0.05) is 106 Å². The lowest BCUT2D eigenvalue weighted by atomic mass is 9.90. The molecule has 3 nitrogen and oxygen atoms in total. The molecule has 0 spiro atoms. The van der Waals surface area contributed by atoms with E-state index in [-0.39, 0.29) is 6.61 Å². The molecule has 0 amide bonds. The highest BCUT2D eigenvalue weighted by Gasteiger charge is 2.10. The van der Waals surface area contributed by atoms with Gasteiger partial charge in [0.1, 0.15) is 0 Å². The standard InChI is InChI=1S/C33H48O3/c34-28-20-24-30-23-19-26-32(29-21-15-14-16-22-29)31(30)25-17-12-10-8-6-4-2-1-3-5-7-9-11-13-18-27-33(35)36/h1,3,14-16,19,21-23,26,34H,2,4-13,17-18,20,24-25,27-28H2,(H,35,36)/b3-1-. The second-order valence-electron chi connectivity index (χ2n) is 9.97. The molecule has 198 valence electrons. The molecular weight excluding hydrogens is 444 g/mol. The zero-order valence-corrected chi connectivity index (χ0v) is 22.3. The first kappa shape index (κ1) is 29.8. The Hall–Kier alpha value is -2.39. The van der Waals surface area contributed by atoms with Gasteiger partial charge in [0.25, 0.3) is 0 Å². The summed E-state index contributed by atoms with van der Waals surface area (Å²) in [5, 5.41) is 18.0. The van der Waals surface area contributed by atoms with Gasteiger partial charge >= 0.3 is 5.97 Å². The molecule has 0 radical (unpaired) electrons. The minimum absolute atomic E-state index is 0.250. The molecule has 0 atom stereocenters. The summed E-state index contributed by atoms with van der Waals surface area (Å²) in [5.74, 6) is -0.675. The average Bonchev–Trinajstić information content (AvgIpc) is 2.89. The van der Waals surface area contributed by atoms with E-state index < -0.39 is 5.97 Å². The van der Waals surface area contributed by atoms with Crippen molar-refractivity contribution in [2.75, 3.05) is 6.61 Å². The minimum atomic E-state index is -0.675. The van der Waals surface area contributed by atoms with E-state index in [9.17, 15) is 9.90 Å². The first-order valence-electron chi connectivity index (χ1n) is 14.4. The highest BCUT2D eigenvalue weighted by molar-refractivity contribution is 5.69. The molecule has 36 heavy (non-hydrogen) atoms. The van der Waals surface area contributed by atoms with Gasteiger partial charge in [0.05, 0.1) is 0 Å². The van der Waals surface area contributed by atoms with Crippen molar-refractivity contribution in [2.24, 2.45) is 0 Å². The summed E-state index contributed by atoms with van der Waals surface area (Å²) < 4.78 is 0. The second-order valence-corrected chi connectivity index (χ2v) is 9.97. The third kappa shape index (κ3) is 13.1. The molecule has 0 aliphatic heterocycles. The molecular formula is C33H48O3. The number of carbonyl (C=O) groups is 1. The zero-order valence-electron chi connectivity index (χ0n) is 22.3. The van der Waals surface area contributed by atoms with Crippen molar-refractivity contribution >= 4 is 5.97 Å². The molecule has 0 bridgehead atoms. The maximum Gasteiger partial charge on any atom is 0.303 e. The number of aliphatic hydroxyl groups excluding tert-OH is 1. The van der Waals surface area contributed by atoms with Crippen LogP contribution in [0.5, 0.6) is 0 Å². The number of unbranched alkanes of at least 4 members (excludes halogenated alkanes) is 11. The highest BCUT2D eigenvalue weighted by atomic mass is 16.4. The molecule has 0 heterocycles. The first-order chi connectivity index (χ1) is 17.7. The molecule has 0 unspecified atom stereocenters. The number of allylic oxidation sites excluding steroid dienone is 2. The Labute approximate surface area is 219 Å². The minimum Gasteiger partial charge on any atom is -0.481 e. The molecule has 2 aromatic rings. The monoisotopic (exact) mass is 492 g/mol. The maximum absolute atomic E-state index is 10.5. The predicted molar refractivity (Wildman–Crippen MR) is 152 cm³/mol. The molecule has 0 saturated heterocycles. The molecule has 0 saturated carbocycles. The van der Waals surface area contributed by atoms with E-state index in [0.717, 1.165) is 44.9 Å². The third-order valence-corrected chi connectivity index (χ3v) is 6.94. The predicted octanol–water partition coefficient (Wildman–Crippen LogP) is 8.92. The van der Waals surface area contributed by atoms with E-state index in [1.54, 1.807) is 0 Å². The van der Waals surface area contributed by atoms with Gasteiger partial charge in [-0.05, 0) is 80.0 Å². The van der Waals surface area contributed by atoms with Crippen LogP contribution < -0.4 is 0 Å². The largest absolute Gasteiger partial charge is 0.481 e. The number of rotatable bonds is 21. The van der Waals surface area contributed by atoms with Gasteiger partial charge in [0, 0.05) is 13.0 Å². The van der Waals surface area contributed by atoms with Crippen LogP contribution in [0.3, 0.4) is 0 Å². The fourth-order valence-corrected chi connectivity index (χ4v) is 4.90. The van der Waals surface area contributed by atoms with E-state index in [1.807, 2.05) is 0 Å². The quantitative estimate of drug-likeness (QED) is 0.135. The molecule has 2 N–H and O–H groups in total. The van der Waals surface area contributed by atoms with Gasteiger partial charge in [-0.2, -0.15) is 0 Å². The van der Waals surface area contributed by atoms with Gasteiger partial charge in [0.2, 0.25) is 0 Å². The zero-order chi connectivity index (χ0) is 25.7. The highest BCUT2D eigenvalue weighted by Crippen LogP contribution is 2.29. The Balaban J connectivity index is 1.57. The molecule has 2 rings (SSSR count). The van der Waals surface area contributed by atoms with E-state index in [4.69, 9.17) is 5.11 Å². The summed E-state index contributed by atoms with van der Waals surface area (Å²) in [4.78, 5) is 10.5. The van der Waals surface area contributed by atoms with Crippen LogP contribution in [0.2, 0.25) is 0 Å². The summed E-state index contributed by atoms with van der Waals surface area (Å²) in [5.41, 5.74) is 5.52. The number of aliphatic hydroxyl groups is 1. The van der Waals surface area contributed by atoms with Crippen molar-refractivity contribution in [1.29, 1.82) is 0 Å². The topological polar surface area (TPSA) is 57.5 Å². The second kappa shape index (κ2) is 19.8. The van der Waals surface area contributed by atoms with Crippen LogP contribution in [-0.2, 0) is 17.6 Å². The van der Waals surface area contributed by atoms with Crippen molar-refractivity contribution in [3.05, 3.63) is 71.8 Å². The normalized spacial score (nSPS) is 11.4. The van der Waals surface area contributed by atoms with Crippen molar-refractivity contribution in [2.45, 2.75) is 109 Å². The SMILES string of the molecule is O=C(O)CCCCCCC/C=C\CCCCCCCCc1c(CCCO)cccc1-c1ccccc1. The number of aryl methyl sites for hydroxylation is 1. The molecule has 2 aromatic carbocycles. The summed E-state index contributed by atoms with van der Waals surface area (Å²) in [6.45, 7) is 0.250. The molecule has 0 aliphatic carbocycles. The Morgan fingerprint density at radius 1 is 0.639 bits per heavy atom. The smallest absolute Gasteiger partial charge is 0.303 e. The summed E-state index contributed by atoms with van der Waals surface area (Å²) in [6, 6.07) is 17.4. The van der Waals surface area contributed by atoms with Crippen LogP contribution in [0.4, 0.5) is 0 Å². The lowest BCUT2D eigenvalue weighted by Crippen LogP contribution is -2.00. The number of benzene rings is 2. The Bertz CT molecular complexity index is 856. The lowest BCUT2D eigenvalue weighted by Gasteiger charge is -2.15. The van der Waals surface area contributed by atoms with Crippen LogP contribution in [0.15, 0.2) is 60.7 Å². The van der Waals surface area contributed by atoms with Crippen molar-refractivity contribution in [1.82, 2.24) is 0 Å². The number of carboxylic acid groups (broad SMARTS) is 1. The van der Waals surface area contributed by atoms with Gasteiger partial charge in [0.15, 0.2) is 0 Å². The van der Waals surface area contributed by atoms with E-state index in [0.29, 0.717) is 6.42 Å². The van der Waals surface area contributed by atoms with Crippen molar-refractivity contribution < 1.29 is 15.0 Å². The number of aliphatic carboxylic acids is 1. The Kier molecular flexibility index (Phi) is 16.4. The summed E-state index contributed by atoms with van der Waals surface area (Å²) in [7, 11) is 0. The van der Waals surface area contributed by atoms with Gasteiger partial charge in [-0.25, -0.2) is 0 Å². The van der Waals surface area contributed by atoms with E-state index in [1.165, 1.54) is 80.0 Å². The molecule has 3 heteroatoms. The van der Waals surface area contributed by atoms with E-state index in [2.05, 4.69) is 60.7 Å². The Morgan fingerprint density at radius 2 is 1.25 bits per heavy atom. The van der Waals surface area contributed by atoms with Crippen LogP contribution in [0.25, 0.3) is 11.1 Å². The molecule has 0 fully saturated rings. The van der Waals surface area contributed by atoms with Crippen LogP contribution in [-0.4, -0.2) is 22.8 Å². The fraction of sp³-hybridized carbons (Fsp3) is 0.545. The molecule has 0 aromatic heterocycles. The first-order valence-corrected chi connectivity index (χ1v) is 14.4. The maximum atomic E-state index is 10.5. The van der Waals surface area contributed by atoms with E-state index >= 15 is 0 Å². The fourth-order valence-electron chi connectivity index (χ4n) is 4.90. The third-order valence-electron chi connectivity index (χ3n) is 6.94. The van der Waals surface area contributed by atoms with Crippen LogP contribution in [0, 0.1) is 0 Å². The number of carboxylic acids is 1. The van der Waals surface area contributed by atoms with Crippen molar-refractivity contribution in [3.63, 3.8) is 0 Å². The molecule has 0 aliphatic rings. The van der Waals surface area contributed by atoms with Gasteiger partial charge in [-0.3, -0.25) is 4.79 Å². The number of hydrogen-bond donors (Lipinski definition) is 2.